The Hall–Kier alpha value is -4.04. The van der Waals surface area contributed by atoms with Crippen molar-refractivity contribution in [3.05, 3.63) is 127 Å². The summed E-state index contributed by atoms with van der Waals surface area (Å²) in [6, 6.07) is 35.6. The first kappa shape index (κ1) is 35.0. The van der Waals surface area contributed by atoms with E-state index in [2.05, 4.69) is 62.4 Å². The van der Waals surface area contributed by atoms with Crippen molar-refractivity contribution in [1.82, 2.24) is 4.98 Å². The second kappa shape index (κ2) is 20.8. The first-order chi connectivity index (χ1) is 20.1. The van der Waals surface area contributed by atoms with Gasteiger partial charge >= 0.3 is 0 Å². The van der Waals surface area contributed by atoms with E-state index in [1.807, 2.05) is 90.1 Å². The molecule has 1 aromatic heterocycles. The molecule has 0 saturated carbocycles. The maximum absolute atomic E-state index is 13.4. The number of unbranched alkanes of at least 4 members (excludes halogenated alkanes) is 1. The Morgan fingerprint density at radius 1 is 0.561 bits per heavy atom. The number of benzene rings is 4. The molecule has 0 atom stereocenters. The van der Waals surface area contributed by atoms with E-state index < -0.39 is 0 Å². The summed E-state index contributed by atoms with van der Waals surface area (Å²) in [5.74, 6) is -0.245. The lowest BCUT2D eigenvalue weighted by molar-refractivity contribution is 0.628. The quantitative estimate of drug-likeness (QED) is 0.203. The van der Waals surface area contributed by atoms with Crippen molar-refractivity contribution >= 4 is 10.9 Å². The first-order valence-corrected chi connectivity index (χ1v) is 15.0. The van der Waals surface area contributed by atoms with E-state index in [-0.39, 0.29) is 5.82 Å². The van der Waals surface area contributed by atoms with Crippen molar-refractivity contribution in [1.29, 1.82) is 0 Å². The Kier molecular flexibility index (Phi) is 17.8. The summed E-state index contributed by atoms with van der Waals surface area (Å²) in [5.41, 5.74) is 7.25. The fourth-order valence-electron chi connectivity index (χ4n) is 3.66. The van der Waals surface area contributed by atoms with Gasteiger partial charge in [0.1, 0.15) is 5.82 Å². The zero-order valence-corrected chi connectivity index (χ0v) is 26.3. The number of fused-ring (bicyclic) bond motifs is 1. The lowest BCUT2D eigenvalue weighted by Crippen LogP contribution is -1.91. The molecule has 5 rings (SSSR count). The molecule has 0 radical (unpaired) electrons. The van der Waals surface area contributed by atoms with E-state index in [1.165, 1.54) is 30.5 Å². The minimum absolute atomic E-state index is 0.245. The maximum atomic E-state index is 13.4. The van der Waals surface area contributed by atoms with Gasteiger partial charge in [0.05, 0.1) is 11.2 Å². The second-order valence-corrected chi connectivity index (χ2v) is 8.69. The van der Waals surface area contributed by atoms with Gasteiger partial charge in [-0.25, -0.2) is 9.37 Å². The summed E-state index contributed by atoms with van der Waals surface area (Å²) in [6.45, 7) is 16.4. The van der Waals surface area contributed by atoms with Crippen LogP contribution in [0.1, 0.15) is 68.2 Å². The molecular weight excluding hydrogens is 501 g/mol. The summed E-state index contributed by atoms with van der Waals surface area (Å²) < 4.78 is 13.4. The van der Waals surface area contributed by atoms with Crippen LogP contribution in [0, 0.1) is 5.82 Å². The molecule has 1 heterocycles. The molecule has 0 N–H and O–H groups in total. The molecule has 41 heavy (non-hydrogen) atoms. The van der Waals surface area contributed by atoms with Crippen LogP contribution in [0.5, 0.6) is 0 Å². The van der Waals surface area contributed by atoms with Crippen LogP contribution in [0.2, 0.25) is 0 Å². The molecule has 0 amide bonds. The Morgan fingerprint density at radius 2 is 1.05 bits per heavy atom. The van der Waals surface area contributed by atoms with Crippen LogP contribution >= 0.6 is 0 Å². The topological polar surface area (TPSA) is 12.9 Å². The van der Waals surface area contributed by atoms with Gasteiger partial charge in [-0.2, -0.15) is 0 Å². The van der Waals surface area contributed by atoms with Gasteiger partial charge in [0.15, 0.2) is 0 Å². The highest BCUT2D eigenvalue weighted by Gasteiger charge is 2.11. The van der Waals surface area contributed by atoms with Crippen LogP contribution in [0.25, 0.3) is 44.4 Å². The van der Waals surface area contributed by atoms with Gasteiger partial charge in [0, 0.05) is 10.9 Å². The van der Waals surface area contributed by atoms with E-state index in [0.717, 1.165) is 38.9 Å². The normalized spacial score (nSPS) is 9.68. The zero-order valence-electron chi connectivity index (χ0n) is 26.3. The van der Waals surface area contributed by atoms with Crippen molar-refractivity contribution in [2.75, 3.05) is 0 Å². The molecule has 0 fully saturated rings. The Bertz CT molecular complexity index is 1380. The molecule has 0 aliphatic rings. The van der Waals surface area contributed by atoms with E-state index >= 15 is 0 Å². The third-order valence-corrected chi connectivity index (χ3v) is 5.97. The zero-order chi connectivity index (χ0) is 30.5. The van der Waals surface area contributed by atoms with Gasteiger partial charge in [0.2, 0.25) is 0 Å². The van der Waals surface area contributed by atoms with E-state index in [0.29, 0.717) is 0 Å². The number of aromatic nitrogens is 1. The number of hydrogen-bond acceptors (Lipinski definition) is 1. The monoisotopic (exact) mass is 549 g/mol. The fraction of sp³-hybridized carbons (Fsp3) is 0.256. The lowest BCUT2D eigenvalue weighted by Gasteiger charge is -2.12. The van der Waals surface area contributed by atoms with Crippen LogP contribution in [0.15, 0.2) is 121 Å². The van der Waals surface area contributed by atoms with Crippen molar-refractivity contribution < 1.29 is 4.39 Å². The fourth-order valence-corrected chi connectivity index (χ4v) is 3.66. The largest absolute Gasteiger partial charge is 0.248 e. The highest BCUT2D eigenvalue weighted by molar-refractivity contribution is 5.99. The Labute approximate surface area is 248 Å². The van der Waals surface area contributed by atoms with Gasteiger partial charge < -0.3 is 0 Å². The highest BCUT2D eigenvalue weighted by atomic mass is 19.1. The second-order valence-electron chi connectivity index (χ2n) is 8.69. The van der Waals surface area contributed by atoms with Crippen LogP contribution in [0.3, 0.4) is 0 Å². The first-order valence-electron chi connectivity index (χ1n) is 15.0. The number of pyridine rings is 1. The van der Waals surface area contributed by atoms with Gasteiger partial charge in [-0.15, -0.1) is 0 Å². The molecule has 2 heteroatoms. The number of nitrogens with zero attached hydrogens (tertiary/aromatic N) is 1. The third kappa shape index (κ3) is 11.2. The summed E-state index contributed by atoms with van der Waals surface area (Å²) in [6.07, 6.45) is 6.64. The highest BCUT2D eigenvalue weighted by Crippen LogP contribution is 2.34. The maximum Gasteiger partial charge on any atom is 0.123 e. The van der Waals surface area contributed by atoms with Crippen molar-refractivity contribution in [2.24, 2.45) is 0 Å². The predicted molar refractivity (Wildman–Crippen MR) is 182 cm³/mol. The molecule has 0 saturated heterocycles. The number of hydrogen-bond donors (Lipinski definition) is 0. The van der Waals surface area contributed by atoms with Crippen molar-refractivity contribution in [2.45, 2.75) is 68.2 Å². The van der Waals surface area contributed by atoms with Crippen LogP contribution in [0.4, 0.5) is 4.39 Å². The predicted octanol–water partition coefficient (Wildman–Crippen LogP) is 12.8. The van der Waals surface area contributed by atoms with E-state index in [9.17, 15) is 4.39 Å². The molecule has 1 nitrogen and oxygen atoms in total. The van der Waals surface area contributed by atoms with Crippen molar-refractivity contribution in [3.63, 3.8) is 0 Å². The van der Waals surface area contributed by atoms with Crippen LogP contribution < -0.4 is 0 Å². The minimum atomic E-state index is -0.245. The number of halogens is 1. The molecule has 0 spiro atoms. The van der Waals surface area contributed by atoms with Gasteiger partial charge in [-0.05, 0) is 78.6 Å². The smallest absolute Gasteiger partial charge is 0.123 e. The molecule has 216 valence electrons. The standard InChI is InChI=1S/C27H18FN.C4H10.C4H8.2C2H6/c28-23-14-11-21(12-15-23)27-18-24(20-9-5-2-6-10-20)25-17-22(13-16-26(25)29-27)19-7-3-1-4-8-19;2*1-3-4-2;2*1-2/h1-18H;3-4H2,1-2H3;3-4H,1-2H3;2*1-2H3. The summed E-state index contributed by atoms with van der Waals surface area (Å²) in [7, 11) is 0. The summed E-state index contributed by atoms with van der Waals surface area (Å²) >= 11 is 0. The molecule has 0 unspecified atom stereocenters. The van der Waals surface area contributed by atoms with Crippen LogP contribution in [-0.4, -0.2) is 4.98 Å². The third-order valence-electron chi connectivity index (χ3n) is 5.97. The molecule has 0 aliphatic carbocycles. The molecule has 0 aliphatic heterocycles. The molecule has 0 bridgehead atoms. The van der Waals surface area contributed by atoms with Crippen molar-refractivity contribution in [3.8, 4) is 33.5 Å². The Morgan fingerprint density at radius 3 is 1.54 bits per heavy atom. The van der Waals surface area contributed by atoms with Gasteiger partial charge in [-0.1, -0.05) is 133 Å². The number of allylic oxidation sites excluding steroid dienone is 2. The minimum Gasteiger partial charge on any atom is -0.248 e. The summed E-state index contributed by atoms with van der Waals surface area (Å²) in [4.78, 5) is 4.87. The lowest BCUT2D eigenvalue weighted by atomic mass is 9.95. The average Bonchev–Trinajstić information content (AvgIpc) is 3.07. The molecule has 5 aromatic rings. The SMILES string of the molecule is CC.CC.CC=CC.CCCC.Fc1ccc(-c2cc(-c3ccccc3)c3cc(-c4ccccc4)ccc3n2)cc1. The van der Waals surface area contributed by atoms with Gasteiger partial charge in [0.25, 0.3) is 0 Å². The Balaban J connectivity index is 0.000000608. The number of rotatable bonds is 4. The average molecular weight is 550 g/mol. The molecule has 4 aromatic carbocycles. The molecular formula is C39H48FN. The summed E-state index contributed by atoms with van der Waals surface area (Å²) in [5, 5.41) is 1.10. The van der Waals surface area contributed by atoms with Gasteiger partial charge in [-0.3, -0.25) is 0 Å². The van der Waals surface area contributed by atoms with Crippen LogP contribution in [-0.2, 0) is 0 Å². The van der Waals surface area contributed by atoms with E-state index in [4.69, 9.17) is 4.98 Å². The van der Waals surface area contributed by atoms with E-state index in [1.54, 1.807) is 12.1 Å².